The third-order valence-corrected chi connectivity index (χ3v) is 4.21. The SMILES string of the molecule is Cc1csc2c(NCc3cccc(Cl)c3)ncnc12. The van der Waals surface area contributed by atoms with Crippen molar-refractivity contribution < 1.29 is 0 Å². The van der Waals surface area contributed by atoms with Crippen LogP contribution in [0.3, 0.4) is 0 Å². The van der Waals surface area contributed by atoms with E-state index < -0.39 is 0 Å². The van der Waals surface area contributed by atoms with Crippen LogP contribution in [0.4, 0.5) is 5.82 Å². The molecule has 19 heavy (non-hydrogen) atoms. The Morgan fingerprint density at radius 2 is 2.21 bits per heavy atom. The Labute approximate surface area is 120 Å². The van der Waals surface area contributed by atoms with Crippen molar-refractivity contribution in [1.82, 2.24) is 9.97 Å². The van der Waals surface area contributed by atoms with Gasteiger partial charge in [-0.25, -0.2) is 9.97 Å². The van der Waals surface area contributed by atoms with E-state index in [1.165, 1.54) is 5.56 Å². The third kappa shape index (κ3) is 2.55. The van der Waals surface area contributed by atoms with E-state index in [1.807, 2.05) is 24.3 Å². The lowest BCUT2D eigenvalue weighted by Gasteiger charge is -2.06. The molecule has 5 heteroatoms. The van der Waals surface area contributed by atoms with Crippen molar-refractivity contribution in [3.63, 3.8) is 0 Å². The van der Waals surface area contributed by atoms with E-state index in [9.17, 15) is 0 Å². The van der Waals surface area contributed by atoms with E-state index in [0.29, 0.717) is 6.54 Å². The number of rotatable bonds is 3. The largest absolute Gasteiger partial charge is 0.365 e. The minimum absolute atomic E-state index is 0.698. The molecule has 0 aliphatic heterocycles. The number of anilines is 1. The number of fused-ring (bicyclic) bond motifs is 1. The lowest BCUT2D eigenvalue weighted by molar-refractivity contribution is 1.10. The highest BCUT2D eigenvalue weighted by atomic mass is 35.5. The minimum atomic E-state index is 0.698. The summed E-state index contributed by atoms with van der Waals surface area (Å²) in [4.78, 5) is 8.62. The molecule has 3 rings (SSSR count). The van der Waals surface area contributed by atoms with E-state index in [0.717, 1.165) is 26.6 Å². The summed E-state index contributed by atoms with van der Waals surface area (Å²) < 4.78 is 1.10. The minimum Gasteiger partial charge on any atom is -0.365 e. The Morgan fingerprint density at radius 1 is 1.32 bits per heavy atom. The van der Waals surface area contributed by atoms with Crippen molar-refractivity contribution in [1.29, 1.82) is 0 Å². The monoisotopic (exact) mass is 289 g/mol. The molecule has 0 saturated carbocycles. The summed E-state index contributed by atoms with van der Waals surface area (Å²) in [6.45, 7) is 2.76. The van der Waals surface area contributed by atoms with Crippen molar-refractivity contribution in [2.45, 2.75) is 13.5 Å². The summed E-state index contributed by atoms with van der Waals surface area (Å²) in [6, 6.07) is 7.81. The fourth-order valence-electron chi connectivity index (χ4n) is 1.93. The molecule has 0 aliphatic rings. The van der Waals surface area contributed by atoms with Gasteiger partial charge in [0.2, 0.25) is 0 Å². The Balaban J connectivity index is 1.86. The van der Waals surface area contributed by atoms with Gasteiger partial charge in [-0.05, 0) is 35.6 Å². The van der Waals surface area contributed by atoms with Gasteiger partial charge in [-0.3, -0.25) is 0 Å². The summed E-state index contributed by atoms with van der Waals surface area (Å²) in [5.41, 5.74) is 3.34. The van der Waals surface area contributed by atoms with Crippen LogP contribution in [-0.2, 0) is 6.54 Å². The highest BCUT2D eigenvalue weighted by molar-refractivity contribution is 7.18. The van der Waals surface area contributed by atoms with Crippen LogP contribution >= 0.6 is 22.9 Å². The maximum atomic E-state index is 5.97. The molecule has 0 bridgehead atoms. The predicted molar refractivity (Wildman–Crippen MR) is 80.9 cm³/mol. The number of halogens is 1. The topological polar surface area (TPSA) is 37.8 Å². The van der Waals surface area contributed by atoms with Crippen LogP contribution in [-0.4, -0.2) is 9.97 Å². The average Bonchev–Trinajstić information content (AvgIpc) is 2.79. The lowest BCUT2D eigenvalue weighted by atomic mass is 10.2. The van der Waals surface area contributed by atoms with Crippen LogP contribution in [0, 0.1) is 6.92 Å². The van der Waals surface area contributed by atoms with Crippen LogP contribution in [0.5, 0.6) is 0 Å². The van der Waals surface area contributed by atoms with E-state index in [4.69, 9.17) is 11.6 Å². The van der Waals surface area contributed by atoms with Gasteiger partial charge in [0.25, 0.3) is 0 Å². The quantitative estimate of drug-likeness (QED) is 0.782. The maximum absolute atomic E-state index is 5.97. The lowest BCUT2D eigenvalue weighted by Crippen LogP contribution is -2.01. The second-order valence-corrected chi connectivity index (χ2v) is 5.62. The van der Waals surface area contributed by atoms with E-state index >= 15 is 0 Å². The fraction of sp³-hybridized carbons (Fsp3) is 0.143. The summed E-state index contributed by atoms with van der Waals surface area (Å²) >= 11 is 7.64. The first-order valence-corrected chi connectivity index (χ1v) is 7.17. The number of aryl methyl sites for hydroxylation is 1. The molecule has 0 radical (unpaired) electrons. The van der Waals surface area contributed by atoms with Crippen LogP contribution < -0.4 is 5.32 Å². The van der Waals surface area contributed by atoms with E-state index in [1.54, 1.807) is 17.7 Å². The van der Waals surface area contributed by atoms with Gasteiger partial charge >= 0.3 is 0 Å². The third-order valence-electron chi connectivity index (χ3n) is 2.88. The molecule has 2 aromatic heterocycles. The van der Waals surface area contributed by atoms with E-state index in [2.05, 4.69) is 27.6 Å². The molecule has 3 aromatic rings. The molecule has 2 heterocycles. The van der Waals surface area contributed by atoms with Crippen molar-refractivity contribution in [2.24, 2.45) is 0 Å². The van der Waals surface area contributed by atoms with Crippen LogP contribution in [0.2, 0.25) is 5.02 Å². The van der Waals surface area contributed by atoms with Crippen molar-refractivity contribution in [2.75, 3.05) is 5.32 Å². The molecule has 1 N–H and O–H groups in total. The molecule has 0 aliphatic carbocycles. The number of aromatic nitrogens is 2. The normalized spacial score (nSPS) is 10.8. The Hall–Kier alpha value is -1.65. The van der Waals surface area contributed by atoms with Gasteiger partial charge in [0.05, 0.1) is 10.2 Å². The first-order chi connectivity index (χ1) is 9.24. The van der Waals surface area contributed by atoms with Crippen molar-refractivity contribution in [3.05, 3.63) is 52.1 Å². The zero-order chi connectivity index (χ0) is 13.2. The Kier molecular flexibility index (Phi) is 3.36. The number of hydrogen-bond donors (Lipinski definition) is 1. The number of hydrogen-bond acceptors (Lipinski definition) is 4. The second-order valence-electron chi connectivity index (χ2n) is 4.30. The highest BCUT2D eigenvalue weighted by Gasteiger charge is 2.07. The molecule has 0 fully saturated rings. The summed E-state index contributed by atoms with van der Waals surface area (Å²) in [7, 11) is 0. The molecule has 96 valence electrons. The molecular weight excluding hydrogens is 278 g/mol. The van der Waals surface area contributed by atoms with Gasteiger partial charge in [0.15, 0.2) is 0 Å². The smallest absolute Gasteiger partial charge is 0.147 e. The van der Waals surface area contributed by atoms with Crippen LogP contribution in [0.1, 0.15) is 11.1 Å². The van der Waals surface area contributed by atoms with E-state index in [-0.39, 0.29) is 0 Å². The average molecular weight is 290 g/mol. The zero-order valence-electron chi connectivity index (χ0n) is 10.4. The van der Waals surface area contributed by atoms with Gasteiger partial charge < -0.3 is 5.32 Å². The fourth-order valence-corrected chi connectivity index (χ4v) is 3.11. The second kappa shape index (κ2) is 5.15. The maximum Gasteiger partial charge on any atom is 0.147 e. The summed E-state index contributed by atoms with van der Waals surface area (Å²) in [5.74, 6) is 0.878. The Morgan fingerprint density at radius 3 is 3.05 bits per heavy atom. The zero-order valence-corrected chi connectivity index (χ0v) is 11.9. The van der Waals surface area contributed by atoms with Crippen molar-refractivity contribution in [3.8, 4) is 0 Å². The summed E-state index contributed by atoms with van der Waals surface area (Å²) in [5, 5.41) is 6.20. The number of benzene rings is 1. The molecule has 0 spiro atoms. The van der Waals surface area contributed by atoms with Gasteiger partial charge in [0.1, 0.15) is 12.1 Å². The van der Waals surface area contributed by atoms with Crippen LogP contribution in [0.15, 0.2) is 36.0 Å². The molecular formula is C14H12ClN3S. The number of thiophene rings is 1. The van der Waals surface area contributed by atoms with Gasteiger partial charge in [-0.2, -0.15) is 0 Å². The molecule has 0 unspecified atom stereocenters. The molecule has 0 amide bonds. The van der Waals surface area contributed by atoms with Crippen LogP contribution in [0.25, 0.3) is 10.2 Å². The number of nitrogens with zero attached hydrogens (tertiary/aromatic N) is 2. The molecule has 0 atom stereocenters. The predicted octanol–water partition coefficient (Wildman–Crippen LogP) is 4.27. The number of nitrogens with one attached hydrogen (secondary N) is 1. The molecule has 0 saturated heterocycles. The van der Waals surface area contributed by atoms with Gasteiger partial charge in [0, 0.05) is 11.6 Å². The van der Waals surface area contributed by atoms with Gasteiger partial charge in [-0.1, -0.05) is 23.7 Å². The molecule has 3 nitrogen and oxygen atoms in total. The molecule has 1 aromatic carbocycles. The van der Waals surface area contributed by atoms with Crippen molar-refractivity contribution >= 4 is 39.0 Å². The standard InChI is InChI=1S/C14H12ClN3S/c1-9-7-19-13-12(9)17-8-18-14(13)16-6-10-3-2-4-11(15)5-10/h2-5,7-8H,6H2,1H3,(H,16,17,18). The first-order valence-electron chi connectivity index (χ1n) is 5.91. The summed E-state index contributed by atoms with van der Waals surface area (Å²) in [6.07, 6.45) is 1.60. The Bertz CT molecular complexity index is 724. The highest BCUT2D eigenvalue weighted by Crippen LogP contribution is 2.28. The first kappa shape index (κ1) is 12.4. The van der Waals surface area contributed by atoms with Gasteiger partial charge in [-0.15, -0.1) is 11.3 Å².